The van der Waals surface area contributed by atoms with Gasteiger partial charge >= 0.3 is 12.4 Å². The van der Waals surface area contributed by atoms with Crippen LogP contribution in [-0.4, -0.2) is 9.97 Å². The van der Waals surface area contributed by atoms with E-state index in [2.05, 4.69) is 9.97 Å². The monoisotopic (exact) mass is 280 g/mol. The van der Waals surface area contributed by atoms with Crippen LogP contribution in [0, 0.1) is 6.92 Å². The zero-order chi connectivity index (χ0) is 14.4. The molecule has 0 N–H and O–H groups in total. The van der Waals surface area contributed by atoms with Crippen molar-refractivity contribution in [3.8, 4) is 0 Å². The van der Waals surface area contributed by atoms with Gasteiger partial charge in [-0.25, -0.2) is 9.97 Å². The molecular formula is C11H6F6N2. The van der Waals surface area contributed by atoms with Crippen LogP contribution in [0.4, 0.5) is 26.3 Å². The summed E-state index contributed by atoms with van der Waals surface area (Å²) in [5, 5.41) is 0. The number of nitrogens with zero attached hydrogens (tertiary/aromatic N) is 2. The zero-order valence-electron chi connectivity index (χ0n) is 9.39. The quantitative estimate of drug-likeness (QED) is 0.682. The number of halogens is 6. The molecule has 0 bridgehead atoms. The minimum absolute atomic E-state index is 0.192. The van der Waals surface area contributed by atoms with Crippen molar-refractivity contribution in [1.82, 2.24) is 9.97 Å². The molecule has 8 heteroatoms. The Morgan fingerprint density at radius 2 is 1.37 bits per heavy atom. The minimum Gasteiger partial charge on any atom is -0.239 e. The normalized spacial score (nSPS) is 13.0. The van der Waals surface area contributed by atoms with Crippen LogP contribution in [-0.2, 0) is 12.4 Å². The Balaban J connectivity index is 2.87. The fraction of sp³-hybridized carbons (Fsp3) is 0.273. The first kappa shape index (κ1) is 13.6. The van der Waals surface area contributed by atoms with E-state index in [1.54, 1.807) is 0 Å². The largest absolute Gasteiger partial charge is 0.435 e. The predicted molar refractivity (Wildman–Crippen MR) is 54.3 cm³/mol. The van der Waals surface area contributed by atoms with E-state index in [1.165, 1.54) is 25.1 Å². The van der Waals surface area contributed by atoms with E-state index in [1.807, 2.05) is 0 Å². The van der Waals surface area contributed by atoms with Crippen LogP contribution in [0.1, 0.15) is 17.0 Å². The molecule has 1 aromatic heterocycles. The van der Waals surface area contributed by atoms with Gasteiger partial charge in [-0.05, 0) is 18.6 Å². The molecule has 0 amide bonds. The lowest BCUT2D eigenvalue weighted by atomic mass is 10.1. The molecule has 0 saturated heterocycles. The maximum Gasteiger partial charge on any atom is 0.435 e. The molecule has 0 saturated carbocycles. The summed E-state index contributed by atoms with van der Waals surface area (Å²) in [7, 11) is 0. The lowest BCUT2D eigenvalue weighted by Gasteiger charge is -2.14. The SMILES string of the molecule is Cc1cccc2nc(C(F)(F)F)c(C(F)(F)F)nc12. The van der Waals surface area contributed by atoms with Crippen LogP contribution < -0.4 is 0 Å². The molecule has 0 aliphatic rings. The van der Waals surface area contributed by atoms with Gasteiger partial charge in [-0.2, -0.15) is 26.3 Å². The van der Waals surface area contributed by atoms with Crippen LogP contribution in [0.2, 0.25) is 0 Å². The molecule has 1 aromatic carbocycles. The number of para-hydroxylation sites is 1. The summed E-state index contributed by atoms with van der Waals surface area (Å²) >= 11 is 0. The van der Waals surface area contributed by atoms with Crippen LogP contribution >= 0.6 is 0 Å². The Hall–Kier alpha value is -1.86. The molecule has 0 radical (unpaired) electrons. The van der Waals surface area contributed by atoms with E-state index in [0.29, 0.717) is 5.56 Å². The summed E-state index contributed by atoms with van der Waals surface area (Å²) in [5.74, 6) is 0. The van der Waals surface area contributed by atoms with Gasteiger partial charge in [0.1, 0.15) is 0 Å². The van der Waals surface area contributed by atoms with E-state index < -0.39 is 23.7 Å². The Morgan fingerprint density at radius 1 is 0.842 bits per heavy atom. The molecule has 102 valence electrons. The Kier molecular flexibility index (Phi) is 2.91. The zero-order valence-corrected chi connectivity index (χ0v) is 9.39. The lowest BCUT2D eigenvalue weighted by Crippen LogP contribution is -2.20. The van der Waals surface area contributed by atoms with E-state index >= 15 is 0 Å². The summed E-state index contributed by atoms with van der Waals surface area (Å²) in [5.41, 5.74) is -4.12. The molecule has 0 spiro atoms. The van der Waals surface area contributed by atoms with E-state index in [-0.39, 0.29) is 11.0 Å². The number of rotatable bonds is 0. The fourth-order valence-electron chi connectivity index (χ4n) is 1.61. The van der Waals surface area contributed by atoms with Crippen LogP contribution in [0.3, 0.4) is 0 Å². The molecule has 2 rings (SSSR count). The third-order valence-electron chi connectivity index (χ3n) is 2.43. The molecule has 1 heterocycles. The van der Waals surface area contributed by atoms with Gasteiger partial charge in [-0.15, -0.1) is 0 Å². The third-order valence-corrected chi connectivity index (χ3v) is 2.43. The van der Waals surface area contributed by atoms with Gasteiger partial charge in [0.15, 0.2) is 11.4 Å². The number of alkyl halides is 6. The second kappa shape index (κ2) is 4.07. The molecule has 0 aliphatic heterocycles. The Morgan fingerprint density at radius 3 is 1.89 bits per heavy atom. The van der Waals surface area contributed by atoms with Crippen molar-refractivity contribution in [2.75, 3.05) is 0 Å². The standard InChI is InChI=1S/C11H6F6N2/c1-5-3-2-4-6-7(5)19-9(11(15,16)17)8(18-6)10(12,13)14/h2-4H,1H3. The highest BCUT2D eigenvalue weighted by Gasteiger charge is 2.46. The predicted octanol–water partition coefficient (Wildman–Crippen LogP) is 3.98. The number of aromatic nitrogens is 2. The average molecular weight is 280 g/mol. The number of aryl methyl sites for hydroxylation is 1. The highest BCUT2D eigenvalue weighted by molar-refractivity contribution is 5.78. The average Bonchev–Trinajstić information content (AvgIpc) is 2.25. The number of hydrogen-bond acceptors (Lipinski definition) is 2. The summed E-state index contributed by atoms with van der Waals surface area (Å²) in [4.78, 5) is 6.17. The van der Waals surface area contributed by atoms with Gasteiger partial charge in [0.05, 0.1) is 11.0 Å². The van der Waals surface area contributed by atoms with Gasteiger partial charge < -0.3 is 0 Å². The van der Waals surface area contributed by atoms with Crippen LogP contribution in [0.5, 0.6) is 0 Å². The smallest absolute Gasteiger partial charge is 0.239 e. The van der Waals surface area contributed by atoms with E-state index in [4.69, 9.17) is 0 Å². The number of hydrogen-bond donors (Lipinski definition) is 0. The Labute approximate surface area is 103 Å². The van der Waals surface area contributed by atoms with Crippen molar-refractivity contribution in [2.24, 2.45) is 0 Å². The highest BCUT2D eigenvalue weighted by atomic mass is 19.4. The van der Waals surface area contributed by atoms with Gasteiger partial charge in [0.2, 0.25) is 0 Å². The van der Waals surface area contributed by atoms with Crippen LogP contribution in [0.25, 0.3) is 11.0 Å². The summed E-state index contributed by atoms with van der Waals surface area (Å²) in [6.07, 6.45) is -10.4. The van der Waals surface area contributed by atoms with Crippen LogP contribution in [0.15, 0.2) is 18.2 Å². The summed E-state index contributed by atoms with van der Waals surface area (Å²) in [6, 6.07) is 4.04. The lowest BCUT2D eigenvalue weighted by molar-refractivity contribution is -0.167. The van der Waals surface area contributed by atoms with Crippen molar-refractivity contribution in [1.29, 1.82) is 0 Å². The van der Waals surface area contributed by atoms with Gasteiger partial charge in [-0.3, -0.25) is 0 Å². The molecule has 0 atom stereocenters. The van der Waals surface area contributed by atoms with Crippen molar-refractivity contribution >= 4 is 11.0 Å². The summed E-state index contributed by atoms with van der Waals surface area (Å²) in [6.45, 7) is 1.45. The first-order valence-corrected chi connectivity index (χ1v) is 5.02. The molecule has 0 unspecified atom stereocenters. The van der Waals surface area contributed by atoms with Gasteiger partial charge in [-0.1, -0.05) is 12.1 Å². The molecule has 0 fully saturated rings. The number of benzene rings is 1. The maximum absolute atomic E-state index is 12.6. The van der Waals surface area contributed by atoms with E-state index in [9.17, 15) is 26.3 Å². The second-order valence-electron chi connectivity index (χ2n) is 3.86. The van der Waals surface area contributed by atoms with Crippen molar-refractivity contribution in [3.63, 3.8) is 0 Å². The Bertz CT molecular complexity index is 629. The number of fused-ring (bicyclic) bond motifs is 1. The third kappa shape index (κ3) is 2.47. The molecule has 0 aliphatic carbocycles. The highest BCUT2D eigenvalue weighted by Crippen LogP contribution is 2.39. The summed E-state index contributed by atoms with van der Waals surface area (Å²) < 4.78 is 75.7. The van der Waals surface area contributed by atoms with Gasteiger partial charge in [0.25, 0.3) is 0 Å². The molecule has 2 aromatic rings. The first-order valence-electron chi connectivity index (χ1n) is 5.02. The maximum atomic E-state index is 12.6. The second-order valence-corrected chi connectivity index (χ2v) is 3.86. The van der Waals surface area contributed by atoms with E-state index in [0.717, 1.165) is 0 Å². The van der Waals surface area contributed by atoms with Crippen molar-refractivity contribution in [2.45, 2.75) is 19.3 Å². The van der Waals surface area contributed by atoms with Gasteiger partial charge in [0, 0.05) is 0 Å². The van der Waals surface area contributed by atoms with Crippen molar-refractivity contribution in [3.05, 3.63) is 35.2 Å². The molecule has 19 heavy (non-hydrogen) atoms. The minimum atomic E-state index is -5.21. The molecular weight excluding hydrogens is 274 g/mol. The van der Waals surface area contributed by atoms with Crippen molar-refractivity contribution < 1.29 is 26.3 Å². The molecule has 2 nitrogen and oxygen atoms in total. The first-order chi connectivity index (χ1) is 8.60. The fourth-order valence-corrected chi connectivity index (χ4v) is 1.61. The topological polar surface area (TPSA) is 25.8 Å².